The zero-order valence-electron chi connectivity index (χ0n) is 40.3. The second-order valence-corrected chi connectivity index (χ2v) is 19.9. The van der Waals surface area contributed by atoms with Gasteiger partial charge in [0.25, 0.3) is 6.33 Å². The van der Waals surface area contributed by atoms with E-state index in [0.29, 0.717) is 50.9 Å². The number of alkyl halides is 8. The number of rotatable bonds is 5. The number of pyridine rings is 1. The van der Waals surface area contributed by atoms with E-state index in [1.807, 2.05) is 71.3 Å². The van der Waals surface area contributed by atoms with Gasteiger partial charge in [0.05, 0.1) is 16.7 Å². The molecule has 0 N–H and O–H groups in total. The Labute approximate surface area is 444 Å². The largest absolute Gasteiger partial charge is 0.510 e. The van der Waals surface area contributed by atoms with Crippen LogP contribution in [0.25, 0.3) is 94.5 Å². The molecule has 0 saturated carbocycles. The van der Waals surface area contributed by atoms with Gasteiger partial charge in [-0.15, -0.1) is 29.7 Å². The van der Waals surface area contributed by atoms with Gasteiger partial charge >= 0.3 is 23.7 Å². The van der Waals surface area contributed by atoms with Crippen LogP contribution < -0.4 is 9.30 Å². The van der Waals surface area contributed by atoms with Gasteiger partial charge in [0.15, 0.2) is 0 Å². The minimum absolute atomic E-state index is 0. The van der Waals surface area contributed by atoms with Gasteiger partial charge in [0.2, 0.25) is 0 Å². The third-order valence-corrected chi connectivity index (χ3v) is 14.4. The normalized spacial score (nSPS) is 15.6. The van der Waals surface area contributed by atoms with Crippen molar-refractivity contribution in [1.29, 1.82) is 0 Å². The van der Waals surface area contributed by atoms with Crippen molar-refractivity contribution >= 4 is 32.8 Å². The summed E-state index contributed by atoms with van der Waals surface area (Å²) in [5, 5.41) is 1.82. The van der Waals surface area contributed by atoms with Crippen molar-refractivity contribution in [3.05, 3.63) is 211 Å². The minimum Gasteiger partial charge on any atom is -0.510 e. The molecule has 4 heterocycles. The zero-order valence-corrected chi connectivity index (χ0v) is 42.6. The van der Waals surface area contributed by atoms with Crippen molar-refractivity contribution in [2.24, 2.45) is 0 Å². The molecule has 11 aromatic rings. The standard InChI is InChI=1S/C62H38F8N4O.Pt/c1-58(2,3)37-29-30-71-53(31-37)74-50-26-12-11-22-45(50)46-28-27-40(33-51(46)74)75-39-18-13-17-38(32-39)72-35-73-56-41(36-15-5-4-6-16-36)24-14-25-48(56)44-21-8-7-19-42(44)43-20-9-10-23-47(43)54-55-49(34-52(72)57(54)73)59(63,64)61(67,68)62(69,70)60(55,65)66;/h4-31,34H,1-3H3;/q-2;. The Morgan fingerprint density at radius 3 is 1.89 bits per heavy atom. The molecule has 0 amide bonds. The number of imidazole rings is 1. The second kappa shape index (κ2) is 17.1. The first-order chi connectivity index (χ1) is 35.9. The molecular formula is C62H38F8N4OPt-2. The molecular weight excluding hydrogens is 1160 g/mol. The summed E-state index contributed by atoms with van der Waals surface area (Å²) >= 11 is 0. The fourth-order valence-electron chi connectivity index (χ4n) is 10.8. The van der Waals surface area contributed by atoms with Gasteiger partial charge in [-0.2, -0.15) is 53.3 Å². The predicted molar refractivity (Wildman–Crippen MR) is 272 cm³/mol. The van der Waals surface area contributed by atoms with Gasteiger partial charge in [0, 0.05) is 61.0 Å². The van der Waals surface area contributed by atoms with Gasteiger partial charge in [-0.05, 0) is 85.3 Å². The molecule has 1 aliphatic heterocycles. The van der Waals surface area contributed by atoms with Crippen LogP contribution >= 0.6 is 0 Å². The zero-order chi connectivity index (χ0) is 52.0. The summed E-state index contributed by atoms with van der Waals surface area (Å²) in [6.45, 7) is 6.35. The van der Waals surface area contributed by atoms with E-state index in [1.165, 1.54) is 27.3 Å². The summed E-state index contributed by atoms with van der Waals surface area (Å²) in [5.41, 5.74) is 0.213. The maximum Gasteiger partial charge on any atom is 0.382 e. The van der Waals surface area contributed by atoms with Crippen LogP contribution in [0.4, 0.5) is 35.1 Å². The van der Waals surface area contributed by atoms with E-state index >= 15 is 35.1 Å². The van der Waals surface area contributed by atoms with Gasteiger partial charge < -0.3 is 13.9 Å². The van der Waals surface area contributed by atoms with Crippen molar-refractivity contribution in [2.45, 2.75) is 49.9 Å². The van der Waals surface area contributed by atoms with E-state index in [2.05, 4.69) is 39.2 Å². The molecule has 1 aliphatic carbocycles. The molecule has 13 rings (SSSR count). The molecule has 5 nitrogen and oxygen atoms in total. The van der Waals surface area contributed by atoms with Gasteiger partial charge in [-0.3, -0.25) is 4.57 Å². The van der Waals surface area contributed by atoms with Crippen LogP contribution in [0.1, 0.15) is 37.5 Å². The maximum absolute atomic E-state index is 17.0. The number of aromatic nitrogens is 4. The number of benzene rings is 8. The molecule has 8 aromatic carbocycles. The summed E-state index contributed by atoms with van der Waals surface area (Å²) in [6, 6.07) is 54.7. The van der Waals surface area contributed by atoms with Crippen molar-refractivity contribution in [3.8, 4) is 73.2 Å². The van der Waals surface area contributed by atoms with Gasteiger partial charge in [-0.1, -0.05) is 142 Å². The van der Waals surface area contributed by atoms with Crippen molar-refractivity contribution in [1.82, 2.24) is 14.1 Å². The Kier molecular flexibility index (Phi) is 11.0. The molecule has 2 aliphatic rings. The summed E-state index contributed by atoms with van der Waals surface area (Å²) in [4.78, 5) is 4.76. The van der Waals surface area contributed by atoms with Gasteiger partial charge in [-0.25, -0.2) is 4.98 Å². The molecule has 0 radical (unpaired) electrons. The topological polar surface area (TPSA) is 35.9 Å². The molecule has 0 bridgehead atoms. The molecule has 0 spiro atoms. The van der Waals surface area contributed by atoms with Crippen molar-refractivity contribution in [3.63, 3.8) is 0 Å². The Balaban J connectivity index is 0.00000582. The first kappa shape index (κ1) is 49.0. The first-order valence-corrected chi connectivity index (χ1v) is 24.0. The molecule has 0 atom stereocenters. The fraction of sp³-hybridized carbons (Fsp3) is 0.129. The van der Waals surface area contributed by atoms with E-state index in [1.54, 1.807) is 85.1 Å². The number of hydrogen-bond acceptors (Lipinski definition) is 2. The van der Waals surface area contributed by atoms with Crippen LogP contribution in [0.2, 0.25) is 0 Å². The van der Waals surface area contributed by atoms with E-state index in [4.69, 9.17) is 9.72 Å². The Hall–Kier alpha value is -7.89. The SMILES string of the molecule is CC(C)(C)c1ccnc(-n2c3[c-]c(Oc4[c-]c(-n5[c-][n+]6c7c(c8c(cc75)C(F)(F)C(F)(F)C(F)(F)C8(F)F)-c5ccccc5-c5ccccc5-c5cccc(-c7ccccc7)c5-6)ccc4)ccc3c3ccccc32)c1.[Pt]. The van der Waals surface area contributed by atoms with E-state index in [9.17, 15) is 0 Å². The summed E-state index contributed by atoms with van der Waals surface area (Å²) in [5.74, 6) is -23.7. The number of hydrogen-bond donors (Lipinski definition) is 0. The number of halogens is 8. The molecule has 0 unspecified atom stereocenters. The van der Waals surface area contributed by atoms with E-state index < -0.39 is 40.4 Å². The quantitative estimate of drug-likeness (QED) is 0.0978. The van der Waals surface area contributed by atoms with Crippen LogP contribution in [-0.4, -0.2) is 26.0 Å². The van der Waals surface area contributed by atoms with Gasteiger partial charge in [0.1, 0.15) is 5.82 Å². The van der Waals surface area contributed by atoms with Crippen molar-refractivity contribution in [2.75, 3.05) is 0 Å². The average molecular weight is 1200 g/mol. The second-order valence-electron chi connectivity index (χ2n) is 19.9. The number of ether oxygens (including phenoxy) is 1. The monoisotopic (exact) mass is 1200 g/mol. The molecule has 0 fully saturated rings. The third kappa shape index (κ3) is 6.93. The van der Waals surface area contributed by atoms with Crippen molar-refractivity contribution < 1.29 is 65.5 Å². The first-order valence-electron chi connectivity index (χ1n) is 24.0. The summed E-state index contributed by atoms with van der Waals surface area (Å²) in [7, 11) is 0. The molecule has 3 aromatic heterocycles. The maximum atomic E-state index is 17.0. The minimum atomic E-state index is -6.54. The number of fused-ring (bicyclic) bond motifs is 12. The van der Waals surface area contributed by atoms with E-state index in [-0.39, 0.29) is 65.8 Å². The van der Waals surface area contributed by atoms with Crippen LogP contribution in [0.15, 0.2) is 176 Å². The van der Waals surface area contributed by atoms with Crippen LogP contribution in [0, 0.1) is 18.5 Å². The number of nitrogens with zero attached hydrogens (tertiary/aromatic N) is 4. The van der Waals surface area contributed by atoms with E-state index in [0.717, 1.165) is 21.9 Å². The summed E-state index contributed by atoms with van der Waals surface area (Å²) < 4.78 is 142. The molecule has 76 heavy (non-hydrogen) atoms. The Morgan fingerprint density at radius 2 is 1.16 bits per heavy atom. The molecule has 0 saturated heterocycles. The average Bonchev–Trinajstić information content (AvgIpc) is 4.01. The van der Waals surface area contributed by atoms with Crippen LogP contribution in [0.5, 0.6) is 11.5 Å². The number of para-hydroxylation sites is 2. The molecule has 14 heteroatoms. The third-order valence-electron chi connectivity index (χ3n) is 14.4. The molecule has 380 valence electrons. The smallest absolute Gasteiger partial charge is 0.382 e. The van der Waals surface area contributed by atoms with Crippen LogP contribution in [0.3, 0.4) is 0 Å². The Morgan fingerprint density at radius 1 is 0.553 bits per heavy atom. The van der Waals surface area contributed by atoms with Crippen LogP contribution in [-0.2, 0) is 38.3 Å². The fourth-order valence-corrected chi connectivity index (χ4v) is 10.8. The summed E-state index contributed by atoms with van der Waals surface area (Å²) in [6.07, 6.45) is 4.99. The Bertz CT molecular complexity index is 4180. The predicted octanol–water partition coefficient (Wildman–Crippen LogP) is 16.3.